The van der Waals surface area contributed by atoms with Gasteiger partial charge in [-0.25, -0.2) is 4.79 Å². The van der Waals surface area contributed by atoms with Gasteiger partial charge in [0.15, 0.2) is 5.60 Å². The zero-order valence-corrected chi connectivity index (χ0v) is 20.1. The van der Waals surface area contributed by atoms with Crippen molar-refractivity contribution in [3.05, 3.63) is 35.9 Å². The average molecular weight is 488 g/mol. The molecular formula is C22H33NO9S. The van der Waals surface area contributed by atoms with Gasteiger partial charge in [0.05, 0.1) is 25.6 Å². The van der Waals surface area contributed by atoms with E-state index in [2.05, 4.69) is 10.1 Å². The second-order valence-electron chi connectivity index (χ2n) is 8.13. The highest BCUT2D eigenvalue weighted by molar-refractivity contribution is 7.86. The molecule has 0 heterocycles. The normalized spacial score (nSPS) is 13.6. The lowest BCUT2D eigenvalue weighted by atomic mass is 9.71. The molecule has 0 bridgehead atoms. The van der Waals surface area contributed by atoms with Crippen molar-refractivity contribution in [2.75, 3.05) is 32.1 Å². The number of unbranched alkanes of at least 4 members (excludes halogenated alkanes) is 1. The molecule has 0 aliphatic carbocycles. The Morgan fingerprint density at radius 2 is 1.73 bits per heavy atom. The van der Waals surface area contributed by atoms with Gasteiger partial charge in [0.25, 0.3) is 16.6 Å². The van der Waals surface area contributed by atoms with E-state index in [-0.39, 0.29) is 43.4 Å². The molecule has 0 aromatic heterocycles. The van der Waals surface area contributed by atoms with Gasteiger partial charge in [0.1, 0.15) is 0 Å². The summed E-state index contributed by atoms with van der Waals surface area (Å²) in [7, 11) is -3.97. The van der Waals surface area contributed by atoms with Crippen LogP contribution in [0.25, 0.3) is 0 Å². The molecule has 0 saturated carbocycles. The summed E-state index contributed by atoms with van der Waals surface area (Å²) in [6.07, 6.45) is 1.03. The van der Waals surface area contributed by atoms with Gasteiger partial charge in [-0.3, -0.25) is 13.8 Å². The number of hydrogen-bond acceptors (Lipinski definition) is 9. The van der Waals surface area contributed by atoms with Crippen molar-refractivity contribution in [3.8, 4) is 0 Å². The molecule has 0 spiro atoms. The minimum Gasteiger partial charge on any atom is -0.468 e. The number of esters is 1. The summed E-state index contributed by atoms with van der Waals surface area (Å²) in [6.45, 7) is 4.53. The Morgan fingerprint density at radius 3 is 2.33 bits per heavy atom. The van der Waals surface area contributed by atoms with Crippen molar-refractivity contribution in [1.82, 2.24) is 5.32 Å². The number of rotatable bonds is 16. The lowest BCUT2D eigenvalue weighted by Gasteiger charge is -2.40. The SMILES string of the molecule is CC(=O)NCCCS(=O)(=O)OCC(C)(C)[C@@](O)(C(=O)OCCCCOC=O)c1ccccc1. The van der Waals surface area contributed by atoms with E-state index in [0.29, 0.717) is 19.3 Å². The molecule has 1 amide bonds. The summed E-state index contributed by atoms with van der Waals surface area (Å²) < 4.78 is 39.6. The standard InChI is InChI=1S/C22H33NO9S/c1-18(25)23-12-9-15-33(28,29)32-16-21(2,3)22(27,19-10-5-4-6-11-19)20(26)31-14-8-7-13-30-17-24/h4-6,10-11,17,27H,7-9,12-16H2,1-3H3,(H,23,25)/t22-/m0/s1. The van der Waals surface area contributed by atoms with Crippen LogP contribution >= 0.6 is 0 Å². The molecule has 2 N–H and O–H groups in total. The van der Waals surface area contributed by atoms with E-state index in [4.69, 9.17) is 8.92 Å². The van der Waals surface area contributed by atoms with Crippen LogP contribution in [0.3, 0.4) is 0 Å². The van der Waals surface area contributed by atoms with E-state index in [1.165, 1.54) is 20.8 Å². The summed E-state index contributed by atoms with van der Waals surface area (Å²) in [5.74, 6) is -1.54. The van der Waals surface area contributed by atoms with Gasteiger partial charge in [-0.15, -0.1) is 0 Å². The van der Waals surface area contributed by atoms with E-state index in [0.717, 1.165) is 0 Å². The molecule has 10 nitrogen and oxygen atoms in total. The fourth-order valence-electron chi connectivity index (χ4n) is 2.98. The van der Waals surface area contributed by atoms with Crippen molar-refractivity contribution < 1.29 is 41.6 Å². The van der Waals surface area contributed by atoms with Crippen molar-refractivity contribution in [3.63, 3.8) is 0 Å². The van der Waals surface area contributed by atoms with Crippen LogP contribution in [0.2, 0.25) is 0 Å². The number of carbonyl (C=O) groups is 3. The summed E-state index contributed by atoms with van der Waals surface area (Å²) in [5, 5.41) is 14.0. The average Bonchev–Trinajstić information content (AvgIpc) is 2.77. The van der Waals surface area contributed by atoms with Gasteiger partial charge in [-0.1, -0.05) is 44.2 Å². The van der Waals surface area contributed by atoms with Crippen molar-refractivity contribution in [1.29, 1.82) is 0 Å². The molecule has 0 fully saturated rings. The maximum Gasteiger partial charge on any atom is 0.343 e. The molecule has 1 aromatic rings. The molecule has 1 rings (SSSR count). The largest absolute Gasteiger partial charge is 0.468 e. The van der Waals surface area contributed by atoms with Gasteiger partial charge >= 0.3 is 5.97 Å². The topological polar surface area (TPSA) is 145 Å². The predicted octanol–water partition coefficient (Wildman–Crippen LogP) is 1.27. The number of amides is 1. The molecule has 1 aromatic carbocycles. The molecule has 186 valence electrons. The van der Waals surface area contributed by atoms with E-state index in [9.17, 15) is 27.9 Å². The molecule has 0 radical (unpaired) electrons. The number of nitrogens with one attached hydrogen (secondary N) is 1. The van der Waals surface area contributed by atoms with Gasteiger partial charge in [0, 0.05) is 18.9 Å². The van der Waals surface area contributed by atoms with Crippen LogP contribution < -0.4 is 5.32 Å². The quantitative estimate of drug-likeness (QED) is 0.152. The van der Waals surface area contributed by atoms with Crippen LogP contribution in [-0.2, 0) is 43.8 Å². The molecule has 33 heavy (non-hydrogen) atoms. The van der Waals surface area contributed by atoms with Crippen molar-refractivity contribution in [2.45, 2.75) is 45.6 Å². The Labute approximate surface area is 194 Å². The minimum atomic E-state index is -3.97. The van der Waals surface area contributed by atoms with Crippen LogP contribution in [0, 0.1) is 5.41 Å². The number of ether oxygens (including phenoxy) is 2. The molecule has 0 saturated heterocycles. The van der Waals surface area contributed by atoms with E-state index in [1.807, 2.05) is 0 Å². The van der Waals surface area contributed by atoms with Crippen LogP contribution in [0.4, 0.5) is 0 Å². The highest BCUT2D eigenvalue weighted by atomic mass is 32.2. The molecule has 0 aliphatic rings. The highest BCUT2D eigenvalue weighted by Gasteiger charge is 2.53. The number of hydrogen-bond donors (Lipinski definition) is 2. The maximum atomic E-state index is 13.0. The maximum absolute atomic E-state index is 13.0. The first-order chi connectivity index (χ1) is 15.5. The van der Waals surface area contributed by atoms with E-state index >= 15 is 0 Å². The zero-order valence-electron chi connectivity index (χ0n) is 19.2. The van der Waals surface area contributed by atoms with Crippen LogP contribution in [0.15, 0.2) is 30.3 Å². The third-order valence-corrected chi connectivity index (χ3v) is 6.23. The smallest absolute Gasteiger partial charge is 0.343 e. The predicted molar refractivity (Wildman–Crippen MR) is 119 cm³/mol. The summed E-state index contributed by atoms with van der Waals surface area (Å²) in [4.78, 5) is 34.1. The second-order valence-corrected chi connectivity index (χ2v) is 9.89. The van der Waals surface area contributed by atoms with Crippen molar-refractivity contribution >= 4 is 28.5 Å². The zero-order chi connectivity index (χ0) is 25.0. The van der Waals surface area contributed by atoms with Gasteiger partial charge in [-0.2, -0.15) is 8.42 Å². The lowest BCUT2D eigenvalue weighted by Crippen LogP contribution is -2.52. The first-order valence-electron chi connectivity index (χ1n) is 10.6. The highest BCUT2D eigenvalue weighted by Crippen LogP contribution is 2.41. The number of benzene rings is 1. The van der Waals surface area contributed by atoms with Crippen LogP contribution in [0.5, 0.6) is 0 Å². The van der Waals surface area contributed by atoms with E-state index < -0.39 is 33.7 Å². The lowest BCUT2D eigenvalue weighted by molar-refractivity contribution is -0.185. The number of aliphatic hydroxyl groups is 1. The van der Waals surface area contributed by atoms with E-state index in [1.54, 1.807) is 30.3 Å². The fraction of sp³-hybridized carbons (Fsp3) is 0.591. The molecule has 0 unspecified atom stereocenters. The Kier molecular flexibility index (Phi) is 11.5. The van der Waals surface area contributed by atoms with Gasteiger partial charge < -0.3 is 19.9 Å². The summed E-state index contributed by atoms with van der Waals surface area (Å²) >= 11 is 0. The van der Waals surface area contributed by atoms with Gasteiger partial charge in [-0.05, 0) is 24.8 Å². The minimum absolute atomic E-state index is 0.0193. The van der Waals surface area contributed by atoms with Crippen LogP contribution in [0.1, 0.15) is 45.6 Å². The molecule has 0 aliphatic heterocycles. The third kappa shape index (κ3) is 9.10. The third-order valence-electron chi connectivity index (χ3n) is 4.97. The van der Waals surface area contributed by atoms with Gasteiger partial charge in [0.2, 0.25) is 5.91 Å². The van der Waals surface area contributed by atoms with Crippen molar-refractivity contribution in [2.24, 2.45) is 5.41 Å². The first-order valence-corrected chi connectivity index (χ1v) is 12.2. The summed E-state index contributed by atoms with van der Waals surface area (Å²) in [5.41, 5.74) is -3.35. The fourth-order valence-corrected chi connectivity index (χ4v) is 4.07. The molecule has 1 atom stereocenters. The Morgan fingerprint density at radius 1 is 1.09 bits per heavy atom. The van der Waals surface area contributed by atoms with Crippen LogP contribution in [-0.4, -0.2) is 64.0 Å². The Balaban J connectivity index is 2.90. The Bertz CT molecular complexity index is 871. The molecule has 11 heteroatoms. The first kappa shape index (κ1) is 28.5. The number of carbonyl (C=O) groups excluding carboxylic acids is 3. The Hall–Kier alpha value is -2.50. The second kappa shape index (κ2) is 13.3. The summed E-state index contributed by atoms with van der Waals surface area (Å²) in [6, 6.07) is 8.08. The molecular weight excluding hydrogens is 454 g/mol. The monoisotopic (exact) mass is 487 g/mol.